The fourth-order valence-corrected chi connectivity index (χ4v) is 5.35. The highest BCUT2D eigenvalue weighted by molar-refractivity contribution is 8.03. The van der Waals surface area contributed by atoms with Crippen LogP contribution in [-0.2, 0) is 9.59 Å². The molecule has 3 aromatic carbocycles. The molecule has 198 valence electrons. The minimum atomic E-state index is -0.614. The van der Waals surface area contributed by atoms with Gasteiger partial charge >= 0.3 is 0 Å². The van der Waals surface area contributed by atoms with Gasteiger partial charge in [0.2, 0.25) is 5.91 Å². The van der Waals surface area contributed by atoms with Gasteiger partial charge in [0.25, 0.3) is 5.91 Å². The Bertz CT molecular complexity index is 1510. The maximum Gasteiger partial charge on any atom is 0.254 e. The lowest BCUT2D eigenvalue weighted by molar-refractivity contribution is -0.114. The number of nitriles is 1. The molecule has 0 bridgehead atoms. The molecule has 0 aromatic heterocycles. The number of nitrogens with one attached hydrogen (secondary N) is 3. The molecule has 7 nitrogen and oxygen atoms in total. The first-order valence-corrected chi connectivity index (χ1v) is 13.4. The largest absolute Gasteiger partial charge is 0.495 e. The number of carbonyl (C=O) groups is 2. The number of benzene rings is 3. The summed E-state index contributed by atoms with van der Waals surface area (Å²) >= 11 is 1.24. The first kappa shape index (κ1) is 27.6. The van der Waals surface area contributed by atoms with E-state index in [1.807, 2.05) is 74.5 Å². The van der Waals surface area contributed by atoms with E-state index >= 15 is 0 Å². The highest BCUT2D eigenvalue weighted by Crippen LogP contribution is 2.41. The van der Waals surface area contributed by atoms with Crippen LogP contribution in [0.15, 0.2) is 94.7 Å². The number of rotatable bonds is 8. The average Bonchev–Trinajstić information content (AvgIpc) is 2.94. The number of aryl methyl sites for hydroxylation is 1. The highest BCUT2D eigenvalue weighted by Gasteiger charge is 2.35. The minimum Gasteiger partial charge on any atom is -0.495 e. The van der Waals surface area contributed by atoms with Crippen molar-refractivity contribution in [2.75, 3.05) is 23.5 Å². The maximum atomic E-state index is 13.7. The summed E-state index contributed by atoms with van der Waals surface area (Å²) in [6, 6.07) is 24.7. The number of ether oxygens (including phenoxy) is 1. The lowest BCUT2D eigenvalue weighted by Crippen LogP contribution is -2.31. The third-order valence-electron chi connectivity index (χ3n) is 6.61. The number of methoxy groups -OCH3 is 1. The predicted octanol–water partition coefficient (Wildman–Crippen LogP) is 6.02. The Morgan fingerprint density at radius 1 is 0.949 bits per heavy atom. The SMILES string of the molecule is COc1ccccc1NC(=O)C1=C(C)NC(SCC(=O)Nc2cccc(C)c2C)=C(C#N)C1c1ccccc1. The van der Waals surface area contributed by atoms with E-state index in [1.54, 1.807) is 26.2 Å². The Morgan fingerprint density at radius 2 is 1.64 bits per heavy atom. The van der Waals surface area contributed by atoms with Crippen molar-refractivity contribution in [3.63, 3.8) is 0 Å². The quantitative estimate of drug-likeness (QED) is 0.324. The van der Waals surface area contributed by atoms with Crippen LogP contribution in [0.5, 0.6) is 5.75 Å². The van der Waals surface area contributed by atoms with Gasteiger partial charge in [0, 0.05) is 17.0 Å². The normalized spacial score (nSPS) is 14.8. The number of para-hydroxylation sites is 2. The summed E-state index contributed by atoms with van der Waals surface area (Å²) < 4.78 is 5.39. The Labute approximate surface area is 233 Å². The fourth-order valence-electron chi connectivity index (χ4n) is 4.45. The summed E-state index contributed by atoms with van der Waals surface area (Å²) in [4.78, 5) is 26.5. The predicted molar refractivity (Wildman–Crippen MR) is 156 cm³/mol. The van der Waals surface area contributed by atoms with Gasteiger partial charge < -0.3 is 20.7 Å². The fraction of sp³-hybridized carbons (Fsp3) is 0.194. The third-order valence-corrected chi connectivity index (χ3v) is 7.62. The van der Waals surface area contributed by atoms with Crippen molar-refractivity contribution in [1.82, 2.24) is 5.32 Å². The molecule has 3 N–H and O–H groups in total. The Hall–Kier alpha value is -4.48. The van der Waals surface area contributed by atoms with Crippen LogP contribution >= 0.6 is 11.8 Å². The zero-order valence-corrected chi connectivity index (χ0v) is 23.1. The van der Waals surface area contributed by atoms with Gasteiger partial charge in [-0.15, -0.1) is 0 Å². The van der Waals surface area contributed by atoms with E-state index in [1.165, 1.54) is 11.8 Å². The number of hydrogen-bond acceptors (Lipinski definition) is 6. The number of anilines is 2. The van der Waals surface area contributed by atoms with Crippen molar-refractivity contribution in [1.29, 1.82) is 5.26 Å². The highest BCUT2D eigenvalue weighted by atomic mass is 32.2. The van der Waals surface area contributed by atoms with Crippen molar-refractivity contribution in [3.8, 4) is 11.8 Å². The van der Waals surface area contributed by atoms with Gasteiger partial charge in [0.1, 0.15) is 5.75 Å². The number of hydrogen-bond donors (Lipinski definition) is 3. The molecule has 0 saturated carbocycles. The molecule has 1 heterocycles. The molecule has 1 aliphatic rings. The van der Waals surface area contributed by atoms with Crippen LogP contribution in [0.25, 0.3) is 0 Å². The van der Waals surface area contributed by atoms with Crippen molar-refractivity contribution in [2.45, 2.75) is 26.7 Å². The molecule has 0 saturated heterocycles. The maximum absolute atomic E-state index is 13.7. The van der Waals surface area contributed by atoms with Gasteiger partial charge in [0.15, 0.2) is 0 Å². The van der Waals surface area contributed by atoms with Gasteiger partial charge in [0.05, 0.1) is 41.1 Å². The number of allylic oxidation sites excluding steroid dienone is 2. The van der Waals surface area contributed by atoms with E-state index in [2.05, 4.69) is 22.0 Å². The van der Waals surface area contributed by atoms with E-state index in [9.17, 15) is 14.9 Å². The van der Waals surface area contributed by atoms with Gasteiger partial charge in [-0.1, -0.05) is 66.4 Å². The first-order chi connectivity index (χ1) is 18.8. The zero-order valence-electron chi connectivity index (χ0n) is 22.3. The van der Waals surface area contributed by atoms with Crippen LogP contribution in [0, 0.1) is 25.2 Å². The van der Waals surface area contributed by atoms with Crippen LogP contribution < -0.4 is 20.7 Å². The molecule has 4 rings (SSSR count). The van der Waals surface area contributed by atoms with Crippen molar-refractivity contribution in [3.05, 3.63) is 111 Å². The summed E-state index contributed by atoms with van der Waals surface area (Å²) in [6.07, 6.45) is 0. The molecule has 1 unspecified atom stereocenters. The van der Waals surface area contributed by atoms with E-state index in [-0.39, 0.29) is 17.6 Å². The third kappa shape index (κ3) is 6.16. The Kier molecular flexibility index (Phi) is 8.74. The first-order valence-electron chi connectivity index (χ1n) is 12.4. The molecule has 0 spiro atoms. The summed E-state index contributed by atoms with van der Waals surface area (Å²) in [6.45, 7) is 5.77. The molecule has 39 heavy (non-hydrogen) atoms. The van der Waals surface area contributed by atoms with Crippen LogP contribution in [0.1, 0.15) is 29.5 Å². The van der Waals surface area contributed by atoms with Crippen LogP contribution in [-0.4, -0.2) is 24.7 Å². The summed E-state index contributed by atoms with van der Waals surface area (Å²) in [5.74, 6) is -0.512. The topological polar surface area (TPSA) is 103 Å². The van der Waals surface area contributed by atoms with E-state index in [0.717, 1.165) is 22.4 Å². The summed E-state index contributed by atoms with van der Waals surface area (Å²) in [5.41, 5.74) is 5.61. The minimum absolute atomic E-state index is 0.0957. The molecule has 3 aromatic rings. The smallest absolute Gasteiger partial charge is 0.254 e. The van der Waals surface area contributed by atoms with Gasteiger partial charge in [-0.3, -0.25) is 9.59 Å². The number of thioether (sulfide) groups is 1. The molecule has 0 aliphatic carbocycles. The zero-order chi connectivity index (χ0) is 27.9. The van der Waals surface area contributed by atoms with Crippen molar-refractivity contribution < 1.29 is 14.3 Å². The second-order valence-electron chi connectivity index (χ2n) is 9.10. The second-order valence-corrected chi connectivity index (χ2v) is 10.1. The van der Waals surface area contributed by atoms with Crippen LogP contribution in [0.3, 0.4) is 0 Å². The molecule has 2 amide bonds. The van der Waals surface area contributed by atoms with Gasteiger partial charge in [-0.25, -0.2) is 0 Å². The number of dihydropyridines is 1. The van der Waals surface area contributed by atoms with Crippen molar-refractivity contribution in [2.24, 2.45) is 0 Å². The second kappa shape index (κ2) is 12.4. The average molecular weight is 539 g/mol. The molecular weight excluding hydrogens is 508 g/mol. The Balaban J connectivity index is 1.62. The van der Waals surface area contributed by atoms with Crippen LogP contribution in [0.2, 0.25) is 0 Å². The van der Waals surface area contributed by atoms with Crippen molar-refractivity contribution >= 4 is 35.0 Å². The molecule has 8 heteroatoms. The Morgan fingerprint density at radius 3 is 2.36 bits per heavy atom. The number of nitrogens with zero attached hydrogens (tertiary/aromatic N) is 1. The molecule has 0 fully saturated rings. The van der Waals surface area contributed by atoms with Gasteiger partial charge in [-0.05, 0) is 55.7 Å². The van der Waals surface area contributed by atoms with Gasteiger partial charge in [-0.2, -0.15) is 5.26 Å². The van der Waals surface area contributed by atoms with Crippen LogP contribution in [0.4, 0.5) is 11.4 Å². The molecular formula is C31H30N4O3S. The molecule has 1 aliphatic heterocycles. The lowest BCUT2D eigenvalue weighted by Gasteiger charge is -2.30. The summed E-state index contributed by atoms with van der Waals surface area (Å²) in [7, 11) is 1.54. The van der Waals surface area contributed by atoms with E-state index < -0.39 is 5.92 Å². The molecule has 1 atom stereocenters. The number of carbonyl (C=O) groups excluding carboxylic acids is 2. The standard InChI is InChI=1S/C31H30N4O3S/c1-19-11-10-15-24(20(19)2)34-27(36)18-39-31-23(17-32)29(22-12-6-5-7-13-22)28(21(3)33-31)30(37)35-25-14-8-9-16-26(25)38-4/h5-16,29,33H,18H2,1-4H3,(H,34,36)(H,35,37). The number of amides is 2. The van der Waals surface area contributed by atoms with E-state index in [0.29, 0.717) is 33.3 Å². The summed E-state index contributed by atoms with van der Waals surface area (Å²) in [5, 5.41) is 20.0. The van der Waals surface area contributed by atoms with E-state index in [4.69, 9.17) is 4.74 Å². The monoisotopic (exact) mass is 538 g/mol. The molecule has 0 radical (unpaired) electrons. The lowest BCUT2D eigenvalue weighted by atomic mass is 9.82.